The Kier molecular flexibility index (Phi) is 4.34. The summed E-state index contributed by atoms with van der Waals surface area (Å²) >= 11 is 0. The molecule has 1 aliphatic rings. The van der Waals surface area contributed by atoms with Crippen molar-refractivity contribution in [3.8, 4) is 0 Å². The number of anilines is 1. The molecule has 1 unspecified atom stereocenters. The van der Waals surface area contributed by atoms with Crippen molar-refractivity contribution in [3.05, 3.63) is 54.0 Å². The van der Waals surface area contributed by atoms with Crippen molar-refractivity contribution in [1.29, 1.82) is 0 Å². The smallest absolute Gasteiger partial charge is 0.378 e. The SMILES string of the molecule is CN1OC(C(F)(F)F)=NC1c1ccc(NCc2cccnc2)nc1. The molecule has 0 amide bonds. The molecule has 2 aromatic rings. The van der Waals surface area contributed by atoms with Gasteiger partial charge in [0.1, 0.15) is 5.82 Å². The van der Waals surface area contributed by atoms with Gasteiger partial charge in [0.15, 0.2) is 6.17 Å². The van der Waals surface area contributed by atoms with Gasteiger partial charge < -0.3 is 10.2 Å². The predicted octanol–water partition coefficient (Wildman–Crippen LogP) is 2.93. The van der Waals surface area contributed by atoms with E-state index in [2.05, 4.69) is 25.1 Å². The van der Waals surface area contributed by atoms with Crippen molar-refractivity contribution >= 4 is 11.7 Å². The Bertz CT molecular complexity index is 718. The molecule has 0 fully saturated rings. The second-order valence-electron chi connectivity index (χ2n) is 5.13. The third-order valence-corrected chi connectivity index (χ3v) is 3.34. The van der Waals surface area contributed by atoms with Crippen LogP contribution in [0.4, 0.5) is 19.0 Å². The van der Waals surface area contributed by atoms with Gasteiger partial charge in [-0.1, -0.05) is 12.1 Å². The molecular weight excluding hydrogens is 323 g/mol. The Labute approximate surface area is 136 Å². The maximum absolute atomic E-state index is 12.6. The number of hydrogen-bond donors (Lipinski definition) is 1. The standard InChI is InChI=1S/C15H14F3N5O/c1-23-13(22-14(24-23)15(16,17)18)11-4-5-12(21-9-11)20-8-10-3-2-6-19-7-10/h2-7,9,13H,8H2,1H3,(H,20,21). The molecule has 0 spiro atoms. The molecular formula is C15H14F3N5O. The Morgan fingerprint density at radius 2 is 2.08 bits per heavy atom. The van der Waals surface area contributed by atoms with Crippen LogP contribution in [0, 0.1) is 0 Å². The van der Waals surface area contributed by atoms with E-state index in [-0.39, 0.29) is 0 Å². The number of alkyl halides is 3. The molecule has 0 radical (unpaired) electrons. The number of rotatable bonds is 4. The summed E-state index contributed by atoms with van der Waals surface area (Å²) in [5.41, 5.74) is 1.50. The van der Waals surface area contributed by atoms with Gasteiger partial charge in [-0.3, -0.25) is 4.98 Å². The monoisotopic (exact) mass is 337 g/mol. The quantitative estimate of drug-likeness (QED) is 0.929. The zero-order valence-electron chi connectivity index (χ0n) is 12.7. The highest BCUT2D eigenvalue weighted by atomic mass is 19.4. The highest BCUT2D eigenvalue weighted by molar-refractivity contribution is 5.82. The second kappa shape index (κ2) is 6.44. The summed E-state index contributed by atoms with van der Waals surface area (Å²) in [7, 11) is 1.39. The fraction of sp³-hybridized carbons (Fsp3) is 0.267. The van der Waals surface area contributed by atoms with Gasteiger partial charge in [0, 0.05) is 37.7 Å². The fourth-order valence-electron chi connectivity index (χ4n) is 2.17. The molecule has 2 aromatic heterocycles. The summed E-state index contributed by atoms with van der Waals surface area (Å²) < 4.78 is 37.9. The molecule has 0 aromatic carbocycles. The van der Waals surface area contributed by atoms with E-state index in [0.717, 1.165) is 10.6 Å². The lowest BCUT2D eigenvalue weighted by atomic mass is 10.2. The molecule has 1 atom stereocenters. The van der Waals surface area contributed by atoms with Gasteiger partial charge in [-0.15, -0.1) is 5.06 Å². The lowest BCUT2D eigenvalue weighted by Crippen LogP contribution is -2.27. The van der Waals surface area contributed by atoms with Crippen LogP contribution < -0.4 is 5.32 Å². The van der Waals surface area contributed by atoms with E-state index in [1.807, 2.05) is 12.1 Å². The van der Waals surface area contributed by atoms with E-state index in [9.17, 15) is 13.2 Å². The summed E-state index contributed by atoms with van der Waals surface area (Å²) in [5, 5.41) is 4.16. The van der Waals surface area contributed by atoms with Crippen LogP contribution in [-0.4, -0.2) is 34.2 Å². The highest BCUT2D eigenvalue weighted by Gasteiger charge is 2.45. The first-order valence-electron chi connectivity index (χ1n) is 7.08. The Morgan fingerprint density at radius 3 is 2.67 bits per heavy atom. The molecule has 1 N–H and O–H groups in total. The van der Waals surface area contributed by atoms with Crippen LogP contribution in [0.15, 0.2) is 47.8 Å². The van der Waals surface area contributed by atoms with Crippen LogP contribution in [0.5, 0.6) is 0 Å². The number of hydrogen-bond acceptors (Lipinski definition) is 6. The Hall–Kier alpha value is -2.68. The van der Waals surface area contributed by atoms with Crippen molar-refractivity contribution in [3.63, 3.8) is 0 Å². The van der Waals surface area contributed by atoms with Crippen LogP contribution >= 0.6 is 0 Å². The van der Waals surface area contributed by atoms with Gasteiger partial charge in [-0.2, -0.15) is 13.2 Å². The van der Waals surface area contributed by atoms with E-state index in [4.69, 9.17) is 0 Å². The largest absolute Gasteiger partial charge is 0.470 e. The molecule has 24 heavy (non-hydrogen) atoms. The van der Waals surface area contributed by atoms with Crippen LogP contribution in [-0.2, 0) is 11.4 Å². The fourth-order valence-corrected chi connectivity index (χ4v) is 2.17. The number of nitrogens with one attached hydrogen (secondary N) is 1. The number of aromatic nitrogens is 2. The average Bonchev–Trinajstić information content (AvgIpc) is 2.97. The first kappa shape index (κ1) is 16.2. The van der Waals surface area contributed by atoms with Gasteiger partial charge >= 0.3 is 12.1 Å². The minimum absolute atomic E-state index is 0.503. The second-order valence-corrected chi connectivity index (χ2v) is 5.13. The van der Waals surface area contributed by atoms with Crippen LogP contribution in [0.2, 0.25) is 0 Å². The van der Waals surface area contributed by atoms with Gasteiger partial charge in [-0.25, -0.2) is 9.98 Å². The lowest BCUT2D eigenvalue weighted by Gasteiger charge is -2.16. The van der Waals surface area contributed by atoms with Gasteiger partial charge in [0.05, 0.1) is 0 Å². The van der Waals surface area contributed by atoms with E-state index >= 15 is 0 Å². The van der Waals surface area contributed by atoms with Crippen molar-refractivity contribution in [1.82, 2.24) is 15.0 Å². The van der Waals surface area contributed by atoms with Crippen LogP contribution in [0.3, 0.4) is 0 Å². The Morgan fingerprint density at radius 1 is 1.25 bits per heavy atom. The van der Waals surface area contributed by atoms with E-state index in [1.165, 1.54) is 13.2 Å². The summed E-state index contributed by atoms with van der Waals surface area (Å²) in [5.74, 6) is -0.655. The topological polar surface area (TPSA) is 62.6 Å². The van der Waals surface area contributed by atoms with Gasteiger partial charge in [0.2, 0.25) is 0 Å². The molecule has 1 aliphatic heterocycles. The Balaban J connectivity index is 1.67. The average molecular weight is 337 g/mol. The molecule has 9 heteroatoms. The minimum Gasteiger partial charge on any atom is -0.378 e. The molecule has 126 valence electrons. The third kappa shape index (κ3) is 3.62. The third-order valence-electron chi connectivity index (χ3n) is 3.34. The van der Waals surface area contributed by atoms with E-state index in [1.54, 1.807) is 24.5 Å². The first-order chi connectivity index (χ1) is 11.4. The van der Waals surface area contributed by atoms with E-state index in [0.29, 0.717) is 17.9 Å². The van der Waals surface area contributed by atoms with Crippen LogP contribution in [0.25, 0.3) is 0 Å². The minimum atomic E-state index is -4.61. The number of pyridine rings is 2. The molecule has 0 saturated carbocycles. The van der Waals surface area contributed by atoms with Gasteiger partial charge in [0.25, 0.3) is 0 Å². The summed E-state index contributed by atoms with van der Waals surface area (Å²) in [6, 6.07) is 7.10. The maximum atomic E-state index is 12.6. The number of halogens is 3. The van der Waals surface area contributed by atoms with Crippen molar-refractivity contribution in [2.45, 2.75) is 18.9 Å². The molecule has 0 bridgehead atoms. The molecule has 0 aliphatic carbocycles. The number of aliphatic imine (C=N–C) groups is 1. The lowest BCUT2D eigenvalue weighted by molar-refractivity contribution is -0.122. The zero-order valence-corrected chi connectivity index (χ0v) is 12.7. The van der Waals surface area contributed by atoms with Crippen molar-refractivity contribution in [2.24, 2.45) is 4.99 Å². The number of nitrogens with zero attached hydrogens (tertiary/aromatic N) is 4. The summed E-state index contributed by atoms with van der Waals surface area (Å²) in [6.07, 6.45) is -0.589. The summed E-state index contributed by atoms with van der Waals surface area (Å²) in [6.45, 7) is 0.545. The van der Waals surface area contributed by atoms with Crippen molar-refractivity contribution in [2.75, 3.05) is 12.4 Å². The zero-order chi connectivity index (χ0) is 17.2. The first-order valence-corrected chi connectivity index (χ1v) is 7.08. The number of hydroxylamine groups is 2. The van der Waals surface area contributed by atoms with Crippen molar-refractivity contribution < 1.29 is 18.0 Å². The molecule has 6 nitrogen and oxygen atoms in total. The maximum Gasteiger partial charge on any atom is 0.470 e. The summed E-state index contributed by atoms with van der Waals surface area (Å²) in [4.78, 5) is 16.4. The highest BCUT2D eigenvalue weighted by Crippen LogP contribution is 2.32. The van der Waals surface area contributed by atoms with Gasteiger partial charge in [-0.05, 0) is 17.7 Å². The van der Waals surface area contributed by atoms with E-state index < -0.39 is 18.2 Å². The molecule has 0 saturated heterocycles. The molecule has 3 heterocycles. The predicted molar refractivity (Wildman–Crippen MR) is 80.9 cm³/mol. The molecule has 3 rings (SSSR count). The normalized spacial score (nSPS) is 18.2. The van der Waals surface area contributed by atoms with Crippen LogP contribution in [0.1, 0.15) is 17.3 Å².